The number of nitrogens with one attached hydrogen (secondary N) is 1. The molecule has 110 valence electrons. The number of aryl methyl sites for hydroxylation is 3. The van der Waals surface area contributed by atoms with Gasteiger partial charge in [-0.3, -0.25) is 4.79 Å². The Morgan fingerprint density at radius 1 is 1.19 bits per heavy atom. The fraction of sp³-hybridized carbons (Fsp3) is 0.250. The summed E-state index contributed by atoms with van der Waals surface area (Å²) < 4.78 is 0. The average Bonchev–Trinajstić information content (AvgIpc) is 2.82. The van der Waals surface area contributed by atoms with Gasteiger partial charge in [-0.2, -0.15) is 0 Å². The molecule has 0 aliphatic heterocycles. The summed E-state index contributed by atoms with van der Waals surface area (Å²) >= 11 is 1.47. The van der Waals surface area contributed by atoms with Crippen LogP contribution in [0, 0.1) is 13.8 Å². The molecule has 1 heterocycles. The Hall–Kier alpha value is -2.14. The molecule has 0 spiro atoms. The van der Waals surface area contributed by atoms with E-state index >= 15 is 0 Å². The van der Waals surface area contributed by atoms with Gasteiger partial charge in [0, 0.05) is 10.6 Å². The zero-order chi connectivity index (χ0) is 15.6. The highest BCUT2D eigenvalue weighted by molar-refractivity contribution is 7.14. The van der Waals surface area contributed by atoms with Crippen molar-refractivity contribution in [1.29, 1.82) is 0 Å². The maximum Gasteiger partial charge on any atom is 0.335 e. The first-order valence-electron chi connectivity index (χ1n) is 6.67. The summed E-state index contributed by atoms with van der Waals surface area (Å²) in [6, 6.07) is 6.57. The lowest BCUT2D eigenvalue weighted by Gasteiger charge is -2.08. The summed E-state index contributed by atoms with van der Waals surface area (Å²) in [5, 5.41) is 11.8. The van der Waals surface area contributed by atoms with Crippen LogP contribution in [0.3, 0.4) is 0 Å². The highest BCUT2D eigenvalue weighted by Gasteiger charge is 2.14. The van der Waals surface area contributed by atoms with Gasteiger partial charge in [-0.1, -0.05) is 13.0 Å². The van der Waals surface area contributed by atoms with E-state index in [9.17, 15) is 9.59 Å². The molecule has 0 saturated heterocycles. The van der Waals surface area contributed by atoms with E-state index in [0.717, 1.165) is 17.5 Å². The highest BCUT2D eigenvalue weighted by atomic mass is 32.1. The molecule has 0 aliphatic carbocycles. The first-order chi connectivity index (χ1) is 9.92. The monoisotopic (exact) mass is 303 g/mol. The van der Waals surface area contributed by atoms with E-state index in [4.69, 9.17) is 5.11 Å². The number of hydrogen-bond acceptors (Lipinski definition) is 3. The molecule has 21 heavy (non-hydrogen) atoms. The maximum absolute atomic E-state index is 12.3. The minimum Gasteiger partial charge on any atom is -0.478 e. The molecule has 0 radical (unpaired) electrons. The Morgan fingerprint density at radius 3 is 2.48 bits per heavy atom. The minimum absolute atomic E-state index is 0.160. The maximum atomic E-state index is 12.3. The fourth-order valence-electron chi connectivity index (χ4n) is 2.06. The Morgan fingerprint density at radius 2 is 1.90 bits per heavy atom. The third-order valence-electron chi connectivity index (χ3n) is 3.30. The van der Waals surface area contributed by atoms with Crippen LogP contribution in [0.4, 0.5) is 5.69 Å². The molecule has 0 saturated carbocycles. The summed E-state index contributed by atoms with van der Waals surface area (Å²) in [7, 11) is 0. The van der Waals surface area contributed by atoms with Crippen molar-refractivity contribution in [2.45, 2.75) is 27.2 Å². The predicted molar refractivity (Wildman–Crippen MR) is 84.5 cm³/mol. The molecule has 2 aromatic rings. The van der Waals surface area contributed by atoms with E-state index in [1.165, 1.54) is 28.3 Å². The first-order valence-corrected chi connectivity index (χ1v) is 7.48. The average molecular weight is 303 g/mol. The lowest BCUT2D eigenvalue weighted by molar-refractivity contribution is 0.0696. The Balaban J connectivity index is 2.26. The molecule has 0 unspecified atom stereocenters. The van der Waals surface area contributed by atoms with E-state index in [1.807, 2.05) is 19.9 Å². The van der Waals surface area contributed by atoms with Gasteiger partial charge in [0.2, 0.25) is 0 Å². The fourth-order valence-corrected chi connectivity index (χ4v) is 3.07. The summed E-state index contributed by atoms with van der Waals surface area (Å²) in [4.78, 5) is 25.1. The summed E-state index contributed by atoms with van der Waals surface area (Å²) in [5.74, 6) is -1.21. The molecular weight excluding hydrogens is 286 g/mol. The number of carboxylic acid groups (broad SMARTS) is 1. The van der Waals surface area contributed by atoms with Gasteiger partial charge in [0.25, 0.3) is 5.91 Å². The molecule has 0 bridgehead atoms. The van der Waals surface area contributed by atoms with Crippen molar-refractivity contribution in [2.24, 2.45) is 0 Å². The summed E-state index contributed by atoms with van der Waals surface area (Å²) in [6.07, 6.45) is 0.900. The van der Waals surface area contributed by atoms with Crippen LogP contribution in [-0.2, 0) is 6.42 Å². The zero-order valence-electron chi connectivity index (χ0n) is 12.2. The van der Waals surface area contributed by atoms with Crippen molar-refractivity contribution >= 4 is 28.9 Å². The topological polar surface area (TPSA) is 66.4 Å². The van der Waals surface area contributed by atoms with Crippen molar-refractivity contribution < 1.29 is 14.7 Å². The number of thiophene rings is 1. The SMILES string of the molecule is CCc1sc(C(=O)Nc2cc(C(=O)O)ccc2C)cc1C. The van der Waals surface area contributed by atoms with Crippen LogP contribution >= 0.6 is 11.3 Å². The van der Waals surface area contributed by atoms with Gasteiger partial charge in [-0.05, 0) is 49.6 Å². The molecule has 1 aromatic carbocycles. The number of carbonyl (C=O) groups is 2. The minimum atomic E-state index is -1.01. The number of carboxylic acids is 1. The number of benzene rings is 1. The molecule has 0 aliphatic rings. The number of hydrogen-bond donors (Lipinski definition) is 2. The van der Waals surface area contributed by atoms with Gasteiger partial charge in [0.1, 0.15) is 0 Å². The quantitative estimate of drug-likeness (QED) is 0.900. The second-order valence-electron chi connectivity index (χ2n) is 4.86. The summed E-state index contributed by atoms with van der Waals surface area (Å²) in [5.41, 5.74) is 2.64. The predicted octanol–water partition coefficient (Wildman–Crippen LogP) is 3.88. The standard InChI is InChI=1S/C16H17NO3S/c1-4-13-10(3)7-14(21-13)15(18)17-12-8-11(16(19)20)6-5-9(12)2/h5-8H,4H2,1-3H3,(H,17,18)(H,19,20). The number of amides is 1. The molecule has 4 nitrogen and oxygen atoms in total. The second kappa shape index (κ2) is 6.10. The number of aromatic carboxylic acids is 1. The van der Waals surface area contributed by atoms with Crippen molar-refractivity contribution in [3.05, 3.63) is 50.7 Å². The number of anilines is 1. The van der Waals surface area contributed by atoms with E-state index in [-0.39, 0.29) is 11.5 Å². The van der Waals surface area contributed by atoms with Crippen LogP contribution in [0.15, 0.2) is 24.3 Å². The Bertz CT molecular complexity index is 704. The smallest absolute Gasteiger partial charge is 0.335 e. The van der Waals surface area contributed by atoms with Gasteiger partial charge in [0.05, 0.1) is 10.4 Å². The largest absolute Gasteiger partial charge is 0.478 e. The highest BCUT2D eigenvalue weighted by Crippen LogP contribution is 2.24. The van der Waals surface area contributed by atoms with Gasteiger partial charge in [0.15, 0.2) is 0 Å². The van der Waals surface area contributed by atoms with Crippen molar-refractivity contribution in [2.75, 3.05) is 5.32 Å². The molecule has 0 fully saturated rings. The van der Waals surface area contributed by atoms with Crippen LogP contribution in [0.5, 0.6) is 0 Å². The van der Waals surface area contributed by atoms with Crippen molar-refractivity contribution in [3.8, 4) is 0 Å². The molecule has 0 atom stereocenters. The van der Waals surface area contributed by atoms with E-state index in [0.29, 0.717) is 10.6 Å². The second-order valence-corrected chi connectivity index (χ2v) is 6.00. The summed E-state index contributed by atoms with van der Waals surface area (Å²) in [6.45, 7) is 5.88. The van der Waals surface area contributed by atoms with Crippen LogP contribution in [-0.4, -0.2) is 17.0 Å². The zero-order valence-corrected chi connectivity index (χ0v) is 13.0. The lowest BCUT2D eigenvalue weighted by Crippen LogP contribution is -2.12. The molecule has 2 rings (SSSR count). The van der Waals surface area contributed by atoms with Gasteiger partial charge >= 0.3 is 5.97 Å². The molecular formula is C16H17NO3S. The Kier molecular flexibility index (Phi) is 4.43. The van der Waals surface area contributed by atoms with Crippen LogP contribution in [0.1, 0.15) is 43.0 Å². The molecule has 2 N–H and O–H groups in total. The first kappa shape index (κ1) is 15.3. The number of carbonyl (C=O) groups excluding carboxylic acids is 1. The molecule has 1 amide bonds. The van der Waals surface area contributed by atoms with Crippen molar-refractivity contribution in [1.82, 2.24) is 0 Å². The van der Waals surface area contributed by atoms with E-state index in [1.54, 1.807) is 6.07 Å². The van der Waals surface area contributed by atoms with E-state index in [2.05, 4.69) is 12.2 Å². The van der Waals surface area contributed by atoms with Crippen molar-refractivity contribution in [3.63, 3.8) is 0 Å². The molecule has 1 aromatic heterocycles. The van der Waals surface area contributed by atoms with E-state index < -0.39 is 5.97 Å². The lowest BCUT2D eigenvalue weighted by atomic mass is 10.1. The normalized spacial score (nSPS) is 10.4. The Labute approximate surface area is 127 Å². The van der Waals surface area contributed by atoms with Crippen LogP contribution in [0.2, 0.25) is 0 Å². The third-order valence-corrected chi connectivity index (χ3v) is 4.68. The van der Waals surface area contributed by atoms with Gasteiger partial charge in [-0.25, -0.2) is 4.79 Å². The van der Waals surface area contributed by atoms with Crippen LogP contribution in [0.25, 0.3) is 0 Å². The van der Waals surface area contributed by atoms with Gasteiger partial charge < -0.3 is 10.4 Å². The molecule has 5 heteroatoms. The number of rotatable bonds is 4. The van der Waals surface area contributed by atoms with Crippen LogP contribution < -0.4 is 5.32 Å². The van der Waals surface area contributed by atoms with Gasteiger partial charge in [-0.15, -0.1) is 11.3 Å². The third kappa shape index (κ3) is 3.31.